The van der Waals surface area contributed by atoms with Crippen LogP contribution in [-0.2, 0) is 10.0 Å². The normalized spacial score (nSPS) is 11.3. The number of aromatic nitrogens is 1. The Kier molecular flexibility index (Phi) is 4.67. The van der Waals surface area contributed by atoms with Crippen LogP contribution in [0.4, 0.5) is 5.69 Å². The third-order valence-electron chi connectivity index (χ3n) is 4.15. The molecule has 0 spiro atoms. The van der Waals surface area contributed by atoms with E-state index in [1.807, 2.05) is 6.92 Å². The molecule has 0 aliphatic carbocycles. The number of benzene rings is 2. The number of para-hydroxylation sites is 1. The van der Waals surface area contributed by atoms with Gasteiger partial charge in [-0.2, -0.15) is 0 Å². The predicted octanol–water partition coefficient (Wildman–Crippen LogP) is 3.81. The summed E-state index contributed by atoms with van der Waals surface area (Å²) in [5, 5.41) is 11.3. The summed E-state index contributed by atoms with van der Waals surface area (Å²) in [6.45, 7) is 3.06. The summed E-state index contributed by atoms with van der Waals surface area (Å²) in [6.07, 6.45) is 1.25. The van der Waals surface area contributed by atoms with E-state index in [4.69, 9.17) is 0 Å². The maximum atomic E-state index is 13.0. The van der Waals surface area contributed by atoms with Gasteiger partial charge < -0.3 is 0 Å². The van der Waals surface area contributed by atoms with E-state index in [1.54, 1.807) is 18.2 Å². The van der Waals surface area contributed by atoms with Gasteiger partial charge >= 0.3 is 0 Å². The summed E-state index contributed by atoms with van der Waals surface area (Å²) >= 11 is 0. The third-order valence-corrected chi connectivity index (χ3v) is 5.84. The monoisotopic (exact) mass is 384 g/mol. The molecule has 0 aliphatic rings. The van der Waals surface area contributed by atoms with Gasteiger partial charge in [0.2, 0.25) is 0 Å². The molecule has 8 heteroatoms. The molecule has 1 heterocycles. The molecule has 0 N–H and O–H groups in total. The van der Waals surface area contributed by atoms with Crippen molar-refractivity contribution in [2.24, 2.45) is 0 Å². The first-order chi connectivity index (χ1) is 12.7. The predicted molar refractivity (Wildman–Crippen MR) is 100 cm³/mol. The lowest BCUT2D eigenvalue weighted by Crippen LogP contribution is -2.17. The number of aryl methyl sites for hydroxylation is 1. The number of nitro groups is 1. The second kappa shape index (κ2) is 6.81. The topological polar surface area (TPSA) is 99.3 Å². The van der Waals surface area contributed by atoms with Gasteiger partial charge in [0.15, 0.2) is 5.78 Å². The zero-order chi connectivity index (χ0) is 19.8. The van der Waals surface area contributed by atoms with Gasteiger partial charge in [-0.25, -0.2) is 12.4 Å². The average Bonchev–Trinajstić information content (AvgIpc) is 3.08. The van der Waals surface area contributed by atoms with Crippen LogP contribution in [0.2, 0.25) is 0 Å². The van der Waals surface area contributed by atoms with Gasteiger partial charge in [0, 0.05) is 24.8 Å². The van der Waals surface area contributed by atoms with Crippen molar-refractivity contribution in [1.82, 2.24) is 3.97 Å². The summed E-state index contributed by atoms with van der Waals surface area (Å²) in [5.74, 6) is -0.510. The quantitative estimate of drug-likeness (QED) is 0.378. The number of Topliss-reactive ketones (excluding diaryl/α,β-unsaturated/α-hetero) is 1. The number of hydrogen-bond acceptors (Lipinski definition) is 5. The zero-order valence-electron chi connectivity index (χ0n) is 14.6. The van der Waals surface area contributed by atoms with Gasteiger partial charge in [-0.1, -0.05) is 29.8 Å². The molecule has 0 radical (unpaired) electrons. The molecule has 3 aromatic rings. The molecular formula is C19H16N2O5S. The Morgan fingerprint density at radius 3 is 2.22 bits per heavy atom. The second-order valence-electron chi connectivity index (χ2n) is 6.02. The van der Waals surface area contributed by atoms with Crippen molar-refractivity contribution in [3.05, 3.63) is 82.2 Å². The van der Waals surface area contributed by atoms with E-state index in [0.717, 1.165) is 9.54 Å². The Morgan fingerprint density at radius 1 is 1.00 bits per heavy atom. The second-order valence-corrected chi connectivity index (χ2v) is 7.84. The van der Waals surface area contributed by atoms with Gasteiger partial charge in [0.1, 0.15) is 5.69 Å². The smallest absolute Gasteiger partial charge is 0.277 e. The Balaban J connectivity index is 2.26. The molecule has 27 heavy (non-hydrogen) atoms. The lowest BCUT2D eigenvalue weighted by atomic mass is 10.0. The van der Waals surface area contributed by atoms with Gasteiger partial charge in [-0.15, -0.1) is 0 Å². The number of carbonyl (C=O) groups is 1. The highest BCUT2D eigenvalue weighted by Gasteiger charge is 2.27. The number of rotatable bonds is 5. The molecule has 0 bridgehead atoms. The van der Waals surface area contributed by atoms with Crippen molar-refractivity contribution in [3.8, 4) is 11.1 Å². The van der Waals surface area contributed by atoms with E-state index in [1.165, 1.54) is 49.5 Å². The first kappa shape index (κ1) is 18.5. The molecule has 138 valence electrons. The largest absolute Gasteiger partial charge is 0.293 e. The minimum Gasteiger partial charge on any atom is -0.293 e. The summed E-state index contributed by atoms with van der Waals surface area (Å²) in [5.41, 5.74) is 0.959. The van der Waals surface area contributed by atoms with Crippen LogP contribution in [0.3, 0.4) is 0 Å². The van der Waals surface area contributed by atoms with Crippen LogP contribution in [0.5, 0.6) is 0 Å². The SMILES string of the molecule is CC(=O)c1c(-c2ccccc2[N+](=O)[O-])ccn1S(=O)(=O)c1ccc(C)cc1. The highest BCUT2D eigenvalue weighted by Crippen LogP contribution is 2.34. The molecule has 3 rings (SSSR count). The van der Waals surface area contributed by atoms with Crippen LogP contribution in [0.25, 0.3) is 11.1 Å². The van der Waals surface area contributed by atoms with E-state index in [2.05, 4.69) is 0 Å². The highest BCUT2D eigenvalue weighted by atomic mass is 32.2. The van der Waals surface area contributed by atoms with Crippen LogP contribution >= 0.6 is 0 Å². The molecule has 0 unspecified atom stereocenters. The first-order valence-electron chi connectivity index (χ1n) is 8.02. The lowest BCUT2D eigenvalue weighted by Gasteiger charge is -2.11. The van der Waals surface area contributed by atoms with Crippen molar-refractivity contribution in [2.75, 3.05) is 0 Å². The molecule has 0 saturated carbocycles. The van der Waals surface area contributed by atoms with Crippen molar-refractivity contribution >= 4 is 21.5 Å². The molecule has 2 aromatic carbocycles. The fourth-order valence-corrected chi connectivity index (χ4v) is 4.26. The summed E-state index contributed by atoms with van der Waals surface area (Å²) < 4.78 is 26.9. The van der Waals surface area contributed by atoms with Gasteiger partial charge in [-0.05, 0) is 31.2 Å². The van der Waals surface area contributed by atoms with E-state index in [9.17, 15) is 23.3 Å². The van der Waals surface area contributed by atoms with Crippen LogP contribution in [-0.4, -0.2) is 23.1 Å². The van der Waals surface area contributed by atoms with Crippen molar-refractivity contribution in [1.29, 1.82) is 0 Å². The number of nitrogens with zero attached hydrogens (tertiary/aromatic N) is 2. The summed E-state index contributed by atoms with van der Waals surface area (Å²) in [6, 6.07) is 13.5. The zero-order valence-corrected chi connectivity index (χ0v) is 15.4. The number of carbonyl (C=O) groups excluding carboxylic acids is 1. The fourth-order valence-electron chi connectivity index (χ4n) is 2.86. The van der Waals surface area contributed by atoms with E-state index in [-0.39, 0.29) is 27.4 Å². The van der Waals surface area contributed by atoms with Gasteiger partial charge in [0.25, 0.3) is 15.7 Å². The minimum absolute atomic E-state index is 0.0281. The van der Waals surface area contributed by atoms with Crippen LogP contribution in [0.1, 0.15) is 23.0 Å². The maximum absolute atomic E-state index is 13.0. The number of ketones is 1. The Labute approximate surface area is 156 Å². The number of nitro benzene ring substituents is 1. The standard InChI is InChI=1S/C19H16N2O5S/c1-13-7-9-15(10-8-13)27(25,26)20-12-11-17(19(20)14(2)22)16-5-3-4-6-18(16)21(23)24/h3-12H,1-2H3. The molecule has 0 amide bonds. The van der Waals surface area contributed by atoms with Crippen LogP contribution in [0, 0.1) is 17.0 Å². The molecule has 1 aromatic heterocycles. The fraction of sp³-hybridized carbons (Fsp3) is 0.105. The van der Waals surface area contributed by atoms with Crippen LogP contribution < -0.4 is 0 Å². The van der Waals surface area contributed by atoms with Gasteiger partial charge in [0.05, 0.1) is 15.4 Å². The lowest BCUT2D eigenvalue weighted by molar-refractivity contribution is -0.384. The minimum atomic E-state index is -4.03. The van der Waals surface area contributed by atoms with Crippen LogP contribution in [0.15, 0.2) is 65.7 Å². The maximum Gasteiger partial charge on any atom is 0.277 e. The van der Waals surface area contributed by atoms with Gasteiger partial charge in [-0.3, -0.25) is 14.9 Å². The Bertz CT molecular complexity index is 1150. The number of hydrogen-bond donors (Lipinski definition) is 0. The molecule has 7 nitrogen and oxygen atoms in total. The Hall–Kier alpha value is -3.26. The summed E-state index contributed by atoms with van der Waals surface area (Å²) in [7, 11) is -4.03. The van der Waals surface area contributed by atoms with E-state index < -0.39 is 20.7 Å². The molecule has 0 fully saturated rings. The first-order valence-corrected chi connectivity index (χ1v) is 9.46. The Morgan fingerprint density at radius 2 is 1.63 bits per heavy atom. The highest BCUT2D eigenvalue weighted by molar-refractivity contribution is 7.90. The van der Waals surface area contributed by atoms with Crippen molar-refractivity contribution in [3.63, 3.8) is 0 Å². The third kappa shape index (κ3) is 3.26. The molecule has 0 atom stereocenters. The van der Waals surface area contributed by atoms with E-state index in [0.29, 0.717) is 0 Å². The molecule has 0 aliphatic heterocycles. The average molecular weight is 384 g/mol. The molecule has 0 saturated heterocycles. The van der Waals surface area contributed by atoms with E-state index >= 15 is 0 Å². The summed E-state index contributed by atoms with van der Waals surface area (Å²) in [4.78, 5) is 23.1. The van der Waals surface area contributed by atoms with Crippen molar-refractivity contribution in [2.45, 2.75) is 18.7 Å². The van der Waals surface area contributed by atoms with Crippen molar-refractivity contribution < 1.29 is 18.1 Å². The molecular weight excluding hydrogens is 368 g/mol.